The summed E-state index contributed by atoms with van der Waals surface area (Å²) in [6.45, 7) is 0. The Morgan fingerprint density at radius 1 is 0.630 bits per heavy atom. The first-order valence-corrected chi connectivity index (χ1v) is 11.2. The molecule has 5 rings (SSSR count). The molecule has 2 aromatic carbocycles. The fourth-order valence-corrected chi connectivity index (χ4v) is 3.26. The van der Waals surface area contributed by atoms with Gasteiger partial charge in [0.1, 0.15) is 0 Å². The standard InChI is InChI=1S/C22H14N3.ClH.Pt/c1-2-8-16-14-18-17(13-15(16)7-1)21(19-9-3-5-11-23-19)25-22(18)20-10-4-6-12-24-20;;/h1-14H;1H;/q-1;;+2/p-1. The maximum Gasteiger partial charge on any atom is 0.0489 e. The molecular formula is C22H14ClN3Pt. The largest absolute Gasteiger partial charge is 0.653 e. The van der Waals surface area contributed by atoms with Crippen LogP contribution >= 0.6 is 9.42 Å². The van der Waals surface area contributed by atoms with Crippen LogP contribution in [0.2, 0.25) is 0 Å². The zero-order valence-corrected chi connectivity index (χ0v) is 17.1. The average molecular weight is 551 g/mol. The Labute approximate surface area is 172 Å². The molecule has 3 heterocycles. The smallest absolute Gasteiger partial charge is 0.0489 e. The van der Waals surface area contributed by atoms with Crippen LogP contribution in [0.5, 0.6) is 0 Å². The van der Waals surface area contributed by atoms with E-state index in [1.54, 1.807) is 31.2 Å². The van der Waals surface area contributed by atoms with Crippen LogP contribution in [0.4, 0.5) is 0 Å². The maximum absolute atomic E-state index is 4.93. The fourth-order valence-electron chi connectivity index (χ4n) is 3.26. The Balaban J connectivity index is 0.000000872. The zero-order valence-electron chi connectivity index (χ0n) is 14.1. The van der Waals surface area contributed by atoms with Gasteiger partial charge in [0.05, 0.1) is 0 Å². The molecule has 0 saturated heterocycles. The molecule has 0 aliphatic heterocycles. The molecule has 3 aromatic heterocycles. The maximum atomic E-state index is 4.93. The van der Waals surface area contributed by atoms with E-state index in [4.69, 9.17) is 4.98 Å². The molecule has 0 unspecified atom stereocenters. The van der Waals surface area contributed by atoms with Gasteiger partial charge < -0.3 is 4.98 Å². The number of fused-ring (bicyclic) bond motifs is 2. The van der Waals surface area contributed by atoms with E-state index in [1.807, 2.05) is 36.4 Å². The van der Waals surface area contributed by atoms with Crippen molar-refractivity contribution in [1.29, 1.82) is 0 Å². The number of benzene rings is 2. The first-order valence-electron chi connectivity index (χ1n) is 8.34. The summed E-state index contributed by atoms with van der Waals surface area (Å²) in [5.74, 6) is 0. The summed E-state index contributed by atoms with van der Waals surface area (Å²) in [6.07, 6.45) is 3.61. The van der Waals surface area contributed by atoms with E-state index in [0.717, 1.165) is 33.5 Å². The summed E-state index contributed by atoms with van der Waals surface area (Å²) in [4.78, 5) is 13.9. The van der Waals surface area contributed by atoms with E-state index in [-0.39, 0.29) is 0 Å². The van der Waals surface area contributed by atoms with Gasteiger partial charge in [-0.1, -0.05) is 36.4 Å². The molecular weight excluding hydrogens is 537 g/mol. The van der Waals surface area contributed by atoms with Gasteiger partial charge in [-0.15, -0.1) is 11.4 Å². The summed E-state index contributed by atoms with van der Waals surface area (Å²) < 4.78 is 0. The van der Waals surface area contributed by atoms with E-state index < -0.39 is 0 Å². The van der Waals surface area contributed by atoms with Crippen LogP contribution in [-0.4, -0.2) is 9.97 Å². The average Bonchev–Trinajstić information content (AvgIpc) is 3.13. The molecule has 0 saturated carbocycles. The van der Waals surface area contributed by atoms with Crippen LogP contribution in [0, 0.1) is 0 Å². The van der Waals surface area contributed by atoms with E-state index >= 15 is 0 Å². The summed E-state index contributed by atoms with van der Waals surface area (Å²) >= 11 is 1.61. The molecule has 5 aromatic rings. The van der Waals surface area contributed by atoms with Crippen LogP contribution in [0.1, 0.15) is 0 Å². The number of pyridine rings is 2. The van der Waals surface area contributed by atoms with E-state index in [1.165, 1.54) is 10.8 Å². The summed E-state index contributed by atoms with van der Waals surface area (Å²) in [5.41, 5.74) is 3.57. The molecule has 27 heavy (non-hydrogen) atoms. The molecule has 0 amide bonds. The third kappa shape index (κ3) is 3.41. The van der Waals surface area contributed by atoms with Gasteiger partial charge in [0.25, 0.3) is 0 Å². The first-order chi connectivity index (χ1) is 13.4. The second-order valence-electron chi connectivity index (χ2n) is 5.98. The molecule has 0 fully saturated rings. The van der Waals surface area contributed by atoms with Gasteiger partial charge >= 0.3 is 28.2 Å². The summed E-state index contributed by atoms with van der Waals surface area (Å²) in [7, 11) is 4.61. The minimum atomic E-state index is 0.880. The molecule has 0 radical (unpaired) electrons. The van der Waals surface area contributed by atoms with Gasteiger partial charge in [0, 0.05) is 23.8 Å². The number of hydrogen-bond acceptors (Lipinski definition) is 2. The van der Waals surface area contributed by atoms with Gasteiger partial charge in [0.15, 0.2) is 0 Å². The zero-order chi connectivity index (χ0) is 18.6. The van der Waals surface area contributed by atoms with Crippen molar-refractivity contribution in [3.05, 3.63) is 85.2 Å². The van der Waals surface area contributed by atoms with Crippen molar-refractivity contribution < 1.29 is 18.8 Å². The quantitative estimate of drug-likeness (QED) is 0.281. The molecule has 0 atom stereocenters. The van der Waals surface area contributed by atoms with Crippen LogP contribution in [0.3, 0.4) is 0 Å². The monoisotopic (exact) mass is 550 g/mol. The SMILES string of the molecule is [Cl][Pt+].c1ccc(-c2[n-]c(-c3ccccn3)c3cc4ccccc4cc23)nc1. The Hall–Kier alpha value is -2.48. The van der Waals surface area contributed by atoms with Crippen molar-refractivity contribution in [1.82, 2.24) is 15.0 Å². The van der Waals surface area contributed by atoms with Gasteiger partial charge in [0.2, 0.25) is 0 Å². The van der Waals surface area contributed by atoms with E-state index in [0.29, 0.717) is 0 Å². The third-order valence-electron chi connectivity index (χ3n) is 4.43. The second kappa shape index (κ2) is 8.04. The molecule has 3 nitrogen and oxygen atoms in total. The molecule has 0 bridgehead atoms. The van der Waals surface area contributed by atoms with Gasteiger partial charge in [-0.2, -0.15) is 0 Å². The van der Waals surface area contributed by atoms with Crippen molar-refractivity contribution in [3.63, 3.8) is 0 Å². The van der Waals surface area contributed by atoms with E-state index in [9.17, 15) is 0 Å². The molecule has 134 valence electrons. The third-order valence-corrected chi connectivity index (χ3v) is 4.43. The normalized spacial score (nSPS) is 10.6. The van der Waals surface area contributed by atoms with Gasteiger partial charge in [-0.25, -0.2) is 0 Å². The topological polar surface area (TPSA) is 39.9 Å². The molecule has 0 aliphatic carbocycles. The van der Waals surface area contributed by atoms with Crippen LogP contribution in [0.15, 0.2) is 85.2 Å². The number of rotatable bonds is 2. The van der Waals surface area contributed by atoms with E-state index in [2.05, 4.69) is 55.8 Å². The predicted molar refractivity (Wildman–Crippen MR) is 107 cm³/mol. The summed E-state index contributed by atoms with van der Waals surface area (Å²) in [5, 5.41) is 4.62. The number of nitrogens with zero attached hydrogens (tertiary/aromatic N) is 3. The fraction of sp³-hybridized carbons (Fsp3) is 0. The molecule has 0 aliphatic rings. The second-order valence-corrected chi connectivity index (χ2v) is 5.98. The van der Waals surface area contributed by atoms with Crippen LogP contribution < -0.4 is 4.98 Å². The molecule has 5 heteroatoms. The van der Waals surface area contributed by atoms with Gasteiger partial charge in [-0.3, -0.25) is 9.97 Å². The Bertz CT molecular complexity index is 1090. The Morgan fingerprint density at radius 3 is 1.48 bits per heavy atom. The minimum Gasteiger partial charge on any atom is -0.653 e. The van der Waals surface area contributed by atoms with Crippen molar-refractivity contribution in [3.8, 4) is 22.8 Å². The molecule has 0 spiro atoms. The van der Waals surface area contributed by atoms with Crippen molar-refractivity contribution >= 4 is 31.0 Å². The number of halogens is 1. The first kappa shape index (κ1) is 17.9. The van der Waals surface area contributed by atoms with Crippen molar-refractivity contribution in [2.75, 3.05) is 0 Å². The minimum absolute atomic E-state index is 0.880. The number of hydrogen-bond donors (Lipinski definition) is 0. The van der Waals surface area contributed by atoms with Gasteiger partial charge in [-0.05, 0) is 57.9 Å². The van der Waals surface area contributed by atoms with Crippen molar-refractivity contribution in [2.24, 2.45) is 0 Å². The predicted octanol–water partition coefficient (Wildman–Crippen LogP) is 5.76. The Morgan fingerprint density at radius 2 is 1.07 bits per heavy atom. The summed E-state index contributed by atoms with van der Waals surface area (Å²) in [6, 6.07) is 24.6. The molecule has 0 N–H and O–H groups in total. The van der Waals surface area contributed by atoms with Crippen LogP contribution in [0.25, 0.3) is 44.3 Å². The Kier molecular flexibility index (Phi) is 5.33. The van der Waals surface area contributed by atoms with Crippen molar-refractivity contribution in [2.45, 2.75) is 0 Å². The van der Waals surface area contributed by atoms with Crippen LogP contribution in [-0.2, 0) is 18.8 Å². The number of aromatic nitrogens is 3.